The Morgan fingerprint density at radius 3 is 2.86 bits per heavy atom. The SMILES string of the molecule is O=C(CCn1cnc2ccc(Br)cc2c1=O)N1CCNCC1. The standard InChI is InChI=1S/C15H17BrN4O2/c16-11-1-2-13-12(9-11)15(22)20(10-18-13)6-3-14(21)19-7-4-17-5-8-19/h1-2,9-10,17H,3-8H2. The lowest BCUT2D eigenvalue weighted by Gasteiger charge is -2.27. The van der Waals surface area contributed by atoms with Crippen molar-refractivity contribution in [2.45, 2.75) is 13.0 Å². The van der Waals surface area contributed by atoms with Crippen LogP contribution in [-0.2, 0) is 11.3 Å². The van der Waals surface area contributed by atoms with Crippen molar-refractivity contribution in [3.05, 3.63) is 39.4 Å². The molecule has 1 saturated heterocycles. The molecule has 7 heteroatoms. The van der Waals surface area contributed by atoms with E-state index >= 15 is 0 Å². The van der Waals surface area contributed by atoms with E-state index < -0.39 is 0 Å². The molecular formula is C15H17BrN4O2. The maximum Gasteiger partial charge on any atom is 0.261 e. The first-order valence-electron chi connectivity index (χ1n) is 7.28. The second-order valence-corrected chi connectivity index (χ2v) is 6.20. The number of aryl methyl sites for hydroxylation is 1. The Morgan fingerprint density at radius 2 is 2.09 bits per heavy atom. The number of hydrogen-bond acceptors (Lipinski definition) is 4. The summed E-state index contributed by atoms with van der Waals surface area (Å²) in [4.78, 5) is 30.7. The highest BCUT2D eigenvalue weighted by Gasteiger charge is 2.16. The summed E-state index contributed by atoms with van der Waals surface area (Å²) in [6.45, 7) is 3.48. The molecule has 1 aliphatic rings. The highest BCUT2D eigenvalue weighted by Crippen LogP contribution is 2.14. The third-order valence-corrected chi connectivity index (χ3v) is 4.32. The molecule has 1 fully saturated rings. The van der Waals surface area contributed by atoms with Gasteiger partial charge in [-0.1, -0.05) is 15.9 Å². The molecular weight excluding hydrogens is 348 g/mol. The zero-order valence-corrected chi connectivity index (χ0v) is 13.7. The summed E-state index contributed by atoms with van der Waals surface area (Å²) in [6.07, 6.45) is 1.84. The third-order valence-electron chi connectivity index (χ3n) is 3.82. The number of hydrogen-bond donors (Lipinski definition) is 1. The molecule has 6 nitrogen and oxygen atoms in total. The van der Waals surface area contributed by atoms with Crippen LogP contribution >= 0.6 is 15.9 Å². The molecule has 0 atom stereocenters. The molecule has 3 rings (SSSR count). The Kier molecular flexibility index (Phi) is 4.54. The molecule has 1 N–H and O–H groups in total. The lowest BCUT2D eigenvalue weighted by atomic mass is 10.2. The summed E-state index contributed by atoms with van der Waals surface area (Å²) in [5.41, 5.74) is 0.553. The van der Waals surface area contributed by atoms with Crippen molar-refractivity contribution in [2.75, 3.05) is 26.2 Å². The molecule has 1 aromatic heterocycles. The van der Waals surface area contributed by atoms with Gasteiger partial charge < -0.3 is 10.2 Å². The van der Waals surface area contributed by atoms with E-state index in [0.717, 1.165) is 30.7 Å². The van der Waals surface area contributed by atoms with Crippen molar-refractivity contribution in [3.8, 4) is 0 Å². The summed E-state index contributed by atoms with van der Waals surface area (Å²) >= 11 is 3.36. The fraction of sp³-hybridized carbons (Fsp3) is 0.400. The summed E-state index contributed by atoms with van der Waals surface area (Å²) in [7, 11) is 0. The zero-order valence-electron chi connectivity index (χ0n) is 12.1. The van der Waals surface area contributed by atoms with Crippen LogP contribution in [0.4, 0.5) is 0 Å². The number of carbonyl (C=O) groups is 1. The van der Waals surface area contributed by atoms with E-state index in [1.165, 1.54) is 10.9 Å². The van der Waals surface area contributed by atoms with Crippen molar-refractivity contribution in [1.29, 1.82) is 0 Å². The number of benzene rings is 1. The minimum absolute atomic E-state index is 0.0859. The van der Waals surface area contributed by atoms with Crippen LogP contribution in [0.1, 0.15) is 6.42 Å². The van der Waals surface area contributed by atoms with Gasteiger partial charge in [0.2, 0.25) is 5.91 Å². The molecule has 22 heavy (non-hydrogen) atoms. The number of carbonyl (C=O) groups excluding carboxylic acids is 1. The fourth-order valence-electron chi connectivity index (χ4n) is 2.58. The number of amides is 1. The van der Waals surface area contributed by atoms with Crippen LogP contribution in [-0.4, -0.2) is 46.5 Å². The average Bonchev–Trinajstić information content (AvgIpc) is 2.55. The van der Waals surface area contributed by atoms with Gasteiger partial charge in [0, 0.05) is 43.6 Å². The predicted octanol–water partition coefficient (Wildman–Crippen LogP) is 0.981. The van der Waals surface area contributed by atoms with Crippen LogP contribution in [0.3, 0.4) is 0 Å². The Balaban J connectivity index is 1.75. The van der Waals surface area contributed by atoms with Crippen molar-refractivity contribution < 1.29 is 4.79 Å². The van der Waals surface area contributed by atoms with Gasteiger partial charge in [0.05, 0.1) is 17.2 Å². The summed E-state index contributed by atoms with van der Waals surface area (Å²) in [5, 5.41) is 3.78. The normalized spacial score (nSPS) is 15.2. The Hall–Kier alpha value is -1.73. The van der Waals surface area contributed by atoms with Gasteiger partial charge in [0.1, 0.15) is 0 Å². The molecule has 116 valence electrons. The molecule has 2 heterocycles. The van der Waals surface area contributed by atoms with Gasteiger partial charge in [-0.15, -0.1) is 0 Å². The van der Waals surface area contributed by atoms with Crippen molar-refractivity contribution in [1.82, 2.24) is 19.8 Å². The number of rotatable bonds is 3. The van der Waals surface area contributed by atoms with Crippen LogP contribution in [0.2, 0.25) is 0 Å². The van der Waals surface area contributed by atoms with E-state index in [9.17, 15) is 9.59 Å². The molecule has 0 bridgehead atoms. The van der Waals surface area contributed by atoms with Crippen molar-refractivity contribution >= 4 is 32.7 Å². The van der Waals surface area contributed by atoms with Gasteiger partial charge in [-0.3, -0.25) is 14.2 Å². The Labute approximate surface area is 136 Å². The number of aromatic nitrogens is 2. The van der Waals surface area contributed by atoms with E-state index in [2.05, 4.69) is 26.2 Å². The number of piperazine rings is 1. The molecule has 2 aromatic rings. The van der Waals surface area contributed by atoms with Gasteiger partial charge in [-0.25, -0.2) is 4.98 Å². The molecule has 0 unspecified atom stereocenters. The first-order chi connectivity index (χ1) is 10.6. The number of fused-ring (bicyclic) bond motifs is 1. The van der Waals surface area contributed by atoms with Gasteiger partial charge in [0.25, 0.3) is 5.56 Å². The predicted molar refractivity (Wildman–Crippen MR) is 87.8 cm³/mol. The van der Waals surface area contributed by atoms with Crippen LogP contribution in [0.15, 0.2) is 33.8 Å². The smallest absolute Gasteiger partial charge is 0.261 e. The van der Waals surface area contributed by atoms with Crippen LogP contribution in [0.25, 0.3) is 10.9 Å². The quantitative estimate of drug-likeness (QED) is 0.881. The first-order valence-corrected chi connectivity index (χ1v) is 8.07. The van der Waals surface area contributed by atoms with E-state index in [0.29, 0.717) is 23.9 Å². The third kappa shape index (κ3) is 3.20. The minimum Gasteiger partial charge on any atom is -0.340 e. The highest BCUT2D eigenvalue weighted by atomic mass is 79.9. The van der Waals surface area contributed by atoms with Gasteiger partial charge in [-0.2, -0.15) is 0 Å². The van der Waals surface area contributed by atoms with Crippen LogP contribution in [0, 0.1) is 0 Å². The average molecular weight is 365 g/mol. The summed E-state index contributed by atoms with van der Waals surface area (Å²) in [5.74, 6) is 0.0859. The van der Waals surface area contributed by atoms with Gasteiger partial charge in [0.15, 0.2) is 0 Å². The molecule has 0 spiro atoms. The maximum atomic E-state index is 12.4. The Bertz CT molecular complexity index is 753. The molecule has 1 amide bonds. The topological polar surface area (TPSA) is 67.2 Å². The second-order valence-electron chi connectivity index (χ2n) is 5.29. The molecule has 1 aromatic carbocycles. The fourth-order valence-corrected chi connectivity index (χ4v) is 2.94. The number of halogens is 1. The van der Waals surface area contributed by atoms with E-state index in [-0.39, 0.29) is 11.5 Å². The second kappa shape index (κ2) is 6.58. The monoisotopic (exact) mass is 364 g/mol. The minimum atomic E-state index is -0.112. The van der Waals surface area contributed by atoms with Gasteiger partial charge >= 0.3 is 0 Å². The van der Waals surface area contributed by atoms with Crippen LogP contribution in [0.5, 0.6) is 0 Å². The lowest BCUT2D eigenvalue weighted by molar-refractivity contribution is -0.132. The molecule has 0 saturated carbocycles. The maximum absolute atomic E-state index is 12.4. The largest absolute Gasteiger partial charge is 0.340 e. The molecule has 1 aliphatic heterocycles. The lowest BCUT2D eigenvalue weighted by Crippen LogP contribution is -2.46. The van der Waals surface area contributed by atoms with Crippen molar-refractivity contribution in [2.24, 2.45) is 0 Å². The number of nitrogens with one attached hydrogen (secondary N) is 1. The summed E-state index contributed by atoms with van der Waals surface area (Å²) in [6, 6.07) is 5.42. The van der Waals surface area contributed by atoms with E-state index in [1.54, 1.807) is 12.1 Å². The van der Waals surface area contributed by atoms with Crippen LogP contribution < -0.4 is 10.9 Å². The molecule has 0 aliphatic carbocycles. The van der Waals surface area contributed by atoms with Crippen molar-refractivity contribution in [3.63, 3.8) is 0 Å². The highest BCUT2D eigenvalue weighted by molar-refractivity contribution is 9.10. The number of nitrogens with zero attached hydrogens (tertiary/aromatic N) is 3. The van der Waals surface area contributed by atoms with E-state index in [1.807, 2.05) is 11.0 Å². The molecule has 0 radical (unpaired) electrons. The zero-order chi connectivity index (χ0) is 15.5. The first kappa shape index (κ1) is 15.2. The van der Waals surface area contributed by atoms with E-state index in [4.69, 9.17) is 0 Å². The van der Waals surface area contributed by atoms with Gasteiger partial charge in [-0.05, 0) is 18.2 Å². The summed E-state index contributed by atoms with van der Waals surface area (Å²) < 4.78 is 2.35. The Morgan fingerprint density at radius 1 is 1.32 bits per heavy atom.